The molecule has 1 aromatic carbocycles. The van der Waals surface area contributed by atoms with Gasteiger partial charge in [-0.15, -0.1) is 0 Å². The summed E-state index contributed by atoms with van der Waals surface area (Å²) in [6, 6.07) is 3.70. The molecule has 0 amide bonds. The van der Waals surface area contributed by atoms with Gasteiger partial charge < -0.3 is 14.4 Å². The van der Waals surface area contributed by atoms with E-state index >= 15 is 0 Å². The smallest absolute Gasteiger partial charge is 0.338 e. The van der Waals surface area contributed by atoms with Crippen molar-refractivity contribution in [1.82, 2.24) is 0 Å². The summed E-state index contributed by atoms with van der Waals surface area (Å²) >= 11 is 0. The van der Waals surface area contributed by atoms with Gasteiger partial charge >= 0.3 is 5.97 Å². The van der Waals surface area contributed by atoms with E-state index in [4.69, 9.17) is 4.74 Å². The number of hydrogen-bond donors (Lipinski definition) is 0. The Labute approximate surface area is 124 Å². The third kappa shape index (κ3) is 3.48. The molecule has 2 rings (SSSR count). The highest BCUT2D eigenvalue weighted by Crippen LogP contribution is 2.27. The number of benzene rings is 1. The highest BCUT2D eigenvalue weighted by atomic mass is 19.3. The minimum Gasteiger partial charge on any atom is -0.465 e. The van der Waals surface area contributed by atoms with Gasteiger partial charge in [0.2, 0.25) is 0 Å². The minimum absolute atomic E-state index is 0.00760. The number of carbonyl (C=O) groups is 1. The van der Waals surface area contributed by atoms with Gasteiger partial charge in [0.15, 0.2) is 0 Å². The molecule has 9 heteroatoms. The molecule has 120 valence electrons. The average molecular weight is 316 g/mol. The summed E-state index contributed by atoms with van der Waals surface area (Å²) in [7, 11) is 1.16. The number of rotatable bonds is 4. The molecule has 0 radical (unpaired) electrons. The van der Waals surface area contributed by atoms with Crippen LogP contribution in [-0.4, -0.2) is 50.2 Å². The van der Waals surface area contributed by atoms with Gasteiger partial charge in [-0.25, -0.2) is 13.6 Å². The van der Waals surface area contributed by atoms with Crippen LogP contribution in [0.25, 0.3) is 0 Å². The van der Waals surface area contributed by atoms with E-state index in [-0.39, 0.29) is 24.4 Å². The number of halogens is 2. The number of nitro groups is 1. The van der Waals surface area contributed by atoms with Crippen molar-refractivity contribution >= 4 is 17.3 Å². The number of methoxy groups -OCH3 is 1. The lowest BCUT2D eigenvalue weighted by Crippen LogP contribution is -2.45. The highest BCUT2D eigenvalue weighted by molar-refractivity contribution is 5.91. The molecule has 0 N–H and O–H groups in total. The van der Waals surface area contributed by atoms with Crippen LogP contribution in [0.15, 0.2) is 18.2 Å². The molecule has 0 bridgehead atoms. The second kappa shape index (κ2) is 6.65. The van der Waals surface area contributed by atoms with Crippen LogP contribution in [0.4, 0.5) is 20.2 Å². The standard InChI is InChI=1S/C13H14F2N2O5/c1-21-13(18)8-4-9(6-10(5-8)17(19)20)16-2-3-22-11(7-16)12(14)15/h4-6,11-12H,2-3,7H2,1H3. The lowest BCUT2D eigenvalue weighted by Gasteiger charge is -2.34. The van der Waals surface area contributed by atoms with E-state index in [1.165, 1.54) is 17.0 Å². The van der Waals surface area contributed by atoms with E-state index in [2.05, 4.69) is 4.74 Å². The maximum atomic E-state index is 12.7. The largest absolute Gasteiger partial charge is 0.465 e. The molecule has 1 aliphatic rings. The number of non-ortho nitro benzene ring substituents is 1. The molecule has 1 unspecified atom stereocenters. The first-order chi connectivity index (χ1) is 10.4. The topological polar surface area (TPSA) is 81.9 Å². The molecule has 7 nitrogen and oxygen atoms in total. The third-order valence-corrected chi connectivity index (χ3v) is 3.27. The number of nitrogens with zero attached hydrogens (tertiary/aromatic N) is 2. The van der Waals surface area contributed by atoms with E-state index in [1.54, 1.807) is 0 Å². The number of esters is 1. The van der Waals surface area contributed by atoms with Gasteiger partial charge in [0.1, 0.15) is 6.10 Å². The maximum absolute atomic E-state index is 12.7. The molecule has 1 saturated heterocycles. The first-order valence-electron chi connectivity index (χ1n) is 6.45. The first-order valence-corrected chi connectivity index (χ1v) is 6.45. The number of carbonyl (C=O) groups excluding carboxylic acids is 1. The van der Waals surface area contributed by atoms with Crippen molar-refractivity contribution in [3.8, 4) is 0 Å². The molecule has 0 spiro atoms. The van der Waals surface area contributed by atoms with Gasteiger partial charge in [-0.3, -0.25) is 10.1 Å². The van der Waals surface area contributed by atoms with Crippen LogP contribution in [0.1, 0.15) is 10.4 Å². The molecule has 0 aromatic heterocycles. The molecule has 0 saturated carbocycles. The van der Waals surface area contributed by atoms with Crippen LogP contribution >= 0.6 is 0 Å². The third-order valence-electron chi connectivity index (χ3n) is 3.27. The fraction of sp³-hybridized carbons (Fsp3) is 0.462. The molecule has 1 aromatic rings. The van der Waals surface area contributed by atoms with Gasteiger partial charge in [-0.05, 0) is 6.07 Å². The molecule has 1 atom stereocenters. The monoisotopic (exact) mass is 316 g/mol. The number of ether oxygens (including phenoxy) is 2. The summed E-state index contributed by atoms with van der Waals surface area (Å²) in [5.41, 5.74) is -0.00618. The zero-order valence-corrected chi connectivity index (χ0v) is 11.7. The molecule has 1 fully saturated rings. The Hall–Kier alpha value is -2.29. The van der Waals surface area contributed by atoms with Gasteiger partial charge in [-0.2, -0.15) is 0 Å². The zero-order chi connectivity index (χ0) is 16.3. The van der Waals surface area contributed by atoms with E-state index in [0.717, 1.165) is 13.2 Å². The number of nitro benzene ring substituents is 1. The summed E-state index contributed by atoms with van der Waals surface area (Å²) in [5.74, 6) is -0.733. The summed E-state index contributed by atoms with van der Waals surface area (Å²) in [6.45, 7) is 0.260. The Morgan fingerprint density at radius 2 is 2.23 bits per heavy atom. The van der Waals surface area contributed by atoms with Crippen LogP contribution in [0.3, 0.4) is 0 Å². The highest BCUT2D eigenvalue weighted by Gasteiger charge is 2.29. The molecular formula is C13H14F2N2O5. The van der Waals surface area contributed by atoms with Crippen LogP contribution in [0.2, 0.25) is 0 Å². The Bertz CT molecular complexity index is 582. The molecule has 1 heterocycles. The van der Waals surface area contributed by atoms with Crippen molar-refractivity contribution in [2.24, 2.45) is 0 Å². The van der Waals surface area contributed by atoms with Crippen molar-refractivity contribution in [2.45, 2.75) is 12.5 Å². The quantitative estimate of drug-likeness (QED) is 0.479. The van der Waals surface area contributed by atoms with Crippen molar-refractivity contribution < 1.29 is 28.0 Å². The molecule has 1 aliphatic heterocycles. The zero-order valence-electron chi connectivity index (χ0n) is 11.7. The fourth-order valence-corrected chi connectivity index (χ4v) is 2.18. The Balaban J connectivity index is 2.34. The molecule has 0 aliphatic carbocycles. The van der Waals surface area contributed by atoms with Gasteiger partial charge in [0.25, 0.3) is 12.1 Å². The second-order valence-corrected chi connectivity index (χ2v) is 4.68. The lowest BCUT2D eigenvalue weighted by atomic mass is 10.1. The van der Waals surface area contributed by atoms with Crippen LogP contribution < -0.4 is 4.90 Å². The van der Waals surface area contributed by atoms with E-state index in [0.29, 0.717) is 12.2 Å². The van der Waals surface area contributed by atoms with Gasteiger partial charge in [0.05, 0.1) is 24.2 Å². The predicted octanol–water partition coefficient (Wildman–Crippen LogP) is 1.85. The van der Waals surface area contributed by atoms with E-state index in [1.807, 2.05) is 0 Å². The van der Waals surface area contributed by atoms with Gasteiger partial charge in [-0.1, -0.05) is 0 Å². The number of hydrogen-bond acceptors (Lipinski definition) is 6. The van der Waals surface area contributed by atoms with Crippen molar-refractivity contribution in [2.75, 3.05) is 31.7 Å². The van der Waals surface area contributed by atoms with Crippen molar-refractivity contribution in [3.05, 3.63) is 33.9 Å². The molecule has 22 heavy (non-hydrogen) atoms. The van der Waals surface area contributed by atoms with Crippen molar-refractivity contribution in [3.63, 3.8) is 0 Å². The van der Waals surface area contributed by atoms with Crippen LogP contribution in [0.5, 0.6) is 0 Å². The van der Waals surface area contributed by atoms with E-state index < -0.39 is 23.4 Å². The van der Waals surface area contributed by atoms with Gasteiger partial charge in [0, 0.05) is 30.9 Å². The number of alkyl halides is 2. The summed E-state index contributed by atoms with van der Waals surface area (Å²) in [4.78, 5) is 23.4. The second-order valence-electron chi connectivity index (χ2n) is 4.68. The van der Waals surface area contributed by atoms with Crippen LogP contribution in [-0.2, 0) is 9.47 Å². The fourth-order valence-electron chi connectivity index (χ4n) is 2.18. The maximum Gasteiger partial charge on any atom is 0.338 e. The predicted molar refractivity (Wildman–Crippen MR) is 72.4 cm³/mol. The minimum atomic E-state index is -2.65. The summed E-state index contributed by atoms with van der Waals surface area (Å²) in [6.07, 6.45) is -3.92. The summed E-state index contributed by atoms with van der Waals surface area (Å²) in [5, 5.41) is 11.0. The lowest BCUT2D eigenvalue weighted by molar-refractivity contribution is -0.384. The van der Waals surface area contributed by atoms with Crippen molar-refractivity contribution in [1.29, 1.82) is 0 Å². The molecular weight excluding hydrogens is 302 g/mol. The Kier molecular flexibility index (Phi) is 4.86. The number of anilines is 1. The Morgan fingerprint density at radius 3 is 2.82 bits per heavy atom. The summed E-state index contributed by atoms with van der Waals surface area (Å²) < 4.78 is 35.0. The number of morpholine rings is 1. The van der Waals surface area contributed by atoms with Crippen LogP contribution in [0, 0.1) is 10.1 Å². The Morgan fingerprint density at radius 1 is 1.50 bits per heavy atom. The van der Waals surface area contributed by atoms with E-state index in [9.17, 15) is 23.7 Å². The average Bonchev–Trinajstić information content (AvgIpc) is 2.53. The first kappa shape index (κ1) is 16.1. The SMILES string of the molecule is COC(=O)c1cc(N2CCOC(C(F)F)C2)cc([N+](=O)[O-])c1. The normalized spacial score (nSPS) is 18.4.